The minimum absolute atomic E-state index is 0.0750. The van der Waals surface area contributed by atoms with Gasteiger partial charge in [-0.25, -0.2) is 8.42 Å². The highest BCUT2D eigenvalue weighted by Crippen LogP contribution is 2.29. The third-order valence-electron chi connectivity index (χ3n) is 4.51. The zero-order valence-electron chi connectivity index (χ0n) is 17.8. The standard InChI is InChI=1S/C21H28N2O6S/c1-6-23(7-2)30(25,26)18-12-13-20(28-5)19(14-18)22-21(24)15(3)29-17-10-8-16(27-4)9-11-17/h8-15H,6-7H2,1-5H3,(H,22,24). The van der Waals surface area contributed by atoms with Crippen molar-refractivity contribution in [3.05, 3.63) is 42.5 Å². The molecule has 0 radical (unpaired) electrons. The minimum Gasteiger partial charge on any atom is -0.497 e. The number of sulfonamides is 1. The van der Waals surface area contributed by atoms with Gasteiger partial charge in [0.2, 0.25) is 10.0 Å². The molecule has 9 heteroatoms. The molecule has 1 amide bonds. The van der Waals surface area contributed by atoms with Crippen molar-refractivity contribution in [2.75, 3.05) is 32.6 Å². The summed E-state index contributed by atoms with van der Waals surface area (Å²) in [4.78, 5) is 12.7. The Morgan fingerprint density at radius 3 is 2.13 bits per heavy atom. The molecule has 0 saturated carbocycles. The summed E-state index contributed by atoms with van der Waals surface area (Å²) in [6.45, 7) is 5.83. The van der Waals surface area contributed by atoms with Crippen molar-refractivity contribution in [1.29, 1.82) is 0 Å². The first-order chi connectivity index (χ1) is 14.3. The molecule has 2 aromatic carbocycles. The van der Waals surface area contributed by atoms with Crippen LogP contribution in [0.3, 0.4) is 0 Å². The molecular formula is C21H28N2O6S. The van der Waals surface area contributed by atoms with Gasteiger partial charge in [0.1, 0.15) is 17.2 Å². The fourth-order valence-corrected chi connectivity index (χ4v) is 4.29. The number of anilines is 1. The van der Waals surface area contributed by atoms with E-state index in [0.717, 1.165) is 0 Å². The Balaban J connectivity index is 2.21. The lowest BCUT2D eigenvalue weighted by molar-refractivity contribution is -0.122. The van der Waals surface area contributed by atoms with Gasteiger partial charge in [0.15, 0.2) is 6.10 Å². The molecule has 0 aliphatic carbocycles. The van der Waals surface area contributed by atoms with Crippen LogP contribution in [0.1, 0.15) is 20.8 Å². The Morgan fingerprint density at radius 2 is 1.60 bits per heavy atom. The number of benzene rings is 2. The third-order valence-corrected chi connectivity index (χ3v) is 6.56. The van der Waals surface area contributed by atoms with Gasteiger partial charge in [-0.05, 0) is 49.4 Å². The van der Waals surface area contributed by atoms with Crippen molar-refractivity contribution in [2.45, 2.75) is 31.8 Å². The van der Waals surface area contributed by atoms with Gasteiger partial charge in [-0.15, -0.1) is 0 Å². The van der Waals surface area contributed by atoms with E-state index in [2.05, 4.69) is 5.32 Å². The van der Waals surface area contributed by atoms with E-state index in [4.69, 9.17) is 14.2 Å². The van der Waals surface area contributed by atoms with E-state index < -0.39 is 22.0 Å². The molecular weight excluding hydrogens is 408 g/mol. The van der Waals surface area contributed by atoms with Gasteiger partial charge in [0.25, 0.3) is 5.91 Å². The van der Waals surface area contributed by atoms with Crippen LogP contribution in [-0.2, 0) is 14.8 Å². The average molecular weight is 437 g/mol. The highest BCUT2D eigenvalue weighted by Gasteiger charge is 2.24. The lowest BCUT2D eigenvalue weighted by Gasteiger charge is -2.20. The van der Waals surface area contributed by atoms with Crippen molar-refractivity contribution in [2.24, 2.45) is 0 Å². The molecule has 1 N–H and O–H groups in total. The first kappa shape index (κ1) is 23.5. The lowest BCUT2D eigenvalue weighted by atomic mass is 10.2. The number of carbonyl (C=O) groups excluding carboxylic acids is 1. The van der Waals surface area contributed by atoms with E-state index in [9.17, 15) is 13.2 Å². The molecule has 0 fully saturated rings. The van der Waals surface area contributed by atoms with Gasteiger partial charge in [0.05, 0.1) is 24.8 Å². The highest BCUT2D eigenvalue weighted by atomic mass is 32.2. The normalized spacial score (nSPS) is 12.3. The summed E-state index contributed by atoms with van der Waals surface area (Å²) in [5.41, 5.74) is 0.251. The number of nitrogens with zero attached hydrogens (tertiary/aromatic N) is 1. The molecule has 8 nitrogen and oxygen atoms in total. The predicted octanol–water partition coefficient (Wildman–Crippen LogP) is 3.14. The lowest BCUT2D eigenvalue weighted by Crippen LogP contribution is -2.31. The van der Waals surface area contributed by atoms with Crippen LogP contribution < -0.4 is 19.5 Å². The number of nitrogens with one attached hydrogen (secondary N) is 1. The first-order valence-electron chi connectivity index (χ1n) is 9.56. The summed E-state index contributed by atoms with van der Waals surface area (Å²) in [5.74, 6) is 1.08. The second-order valence-corrected chi connectivity index (χ2v) is 8.31. The predicted molar refractivity (Wildman–Crippen MR) is 115 cm³/mol. The third kappa shape index (κ3) is 5.43. The molecule has 1 atom stereocenters. The van der Waals surface area contributed by atoms with Gasteiger partial charge in [-0.2, -0.15) is 4.31 Å². The van der Waals surface area contributed by atoms with E-state index in [0.29, 0.717) is 30.3 Å². The van der Waals surface area contributed by atoms with Crippen LogP contribution in [0.2, 0.25) is 0 Å². The largest absolute Gasteiger partial charge is 0.497 e. The molecule has 2 aromatic rings. The molecule has 1 unspecified atom stereocenters. The summed E-state index contributed by atoms with van der Waals surface area (Å²) in [5, 5.41) is 2.69. The summed E-state index contributed by atoms with van der Waals surface area (Å²) in [6.07, 6.45) is -0.828. The topological polar surface area (TPSA) is 94.2 Å². The van der Waals surface area contributed by atoms with E-state index in [1.54, 1.807) is 52.1 Å². The SMILES string of the molecule is CCN(CC)S(=O)(=O)c1ccc(OC)c(NC(=O)C(C)Oc2ccc(OC)cc2)c1. The van der Waals surface area contributed by atoms with Gasteiger partial charge < -0.3 is 19.5 Å². The van der Waals surface area contributed by atoms with Crippen LogP contribution in [0.25, 0.3) is 0 Å². The van der Waals surface area contributed by atoms with Crippen LogP contribution in [0.4, 0.5) is 5.69 Å². The Kier molecular flexibility index (Phi) is 8.08. The molecule has 0 aromatic heterocycles. The zero-order chi connectivity index (χ0) is 22.3. The van der Waals surface area contributed by atoms with Gasteiger partial charge in [0, 0.05) is 13.1 Å². The Morgan fingerprint density at radius 1 is 1.00 bits per heavy atom. The van der Waals surface area contributed by atoms with Crippen LogP contribution >= 0.6 is 0 Å². The maximum atomic E-state index is 12.8. The first-order valence-corrected chi connectivity index (χ1v) is 11.0. The van der Waals surface area contributed by atoms with Crippen molar-refractivity contribution in [1.82, 2.24) is 4.31 Å². The molecule has 0 saturated heterocycles. The number of hydrogen-bond acceptors (Lipinski definition) is 6. The summed E-state index contributed by atoms with van der Waals surface area (Å²) in [6, 6.07) is 11.2. The van der Waals surface area contributed by atoms with Crippen molar-refractivity contribution in [3.63, 3.8) is 0 Å². The molecule has 164 valence electrons. The molecule has 0 heterocycles. The molecule has 0 aliphatic rings. The van der Waals surface area contributed by atoms with Crippen molar-refractivity contribution >= 4 is 21.6 Å². The number of methoxy groups -OCH3 is 2. The van der Waals surface area contributed by atoms with Crippen LogP contribution in [-0.4, -0.2) is 52.0 Å². The second-order valence-electron chi connectivity index (χ2n) is 6.38. The fraction of sp³-hybridized carbons (Fsp3) is 0.381. The fourth-order valence-electron chi connectivity index (χ4n) is 2.80. The van der Waals surface area contributed by atoms with E-state index in [1.165, 1.54) is 29.6 Å². The van der Waals surface area contributed by atoms with Gasteiger partial charge in [-0.3, -0.25) is 4.79 Å². The van der Waals surface area contributed by atoms with Crippen molar-refractivity contribution in [3.8, 4) is 17.2 Å². The molecule has 2 rings (SSSR count). The number of amides is 1. The smallest absolute Gasteiger partial charge is 0.265 e. The second kappa shape index (κ2) is 10.3. The van der Waals surface area contributed by atoms with E-state index in [1.807, 2.05) is 0 Å². The molecule has 0 spiro atoms. The molecule has 0 aliphatic heterocycles. The van der Waals surface area contributed by atoms with Gasteiger partial charge in [-0.1, -0.05) is 13.8 Å². The Labute approximate surface area is 177 Å². The molecule has 30 heavy (non-hydrogen) atoms. The van der Waals surface area contributed by atoms with Crippen LogP contribution in [0.15, 0.2) is 47.4 Å². The number of ether oxygens (including phenoxy) is 3. The van der Waals surface area contributed by atoms with E-state index in [-0.39, 0.29) is 10.6 Å². The monoisotopic (exact) mass is 436 g/mol. The van der Waals surface area contributed by atoms with Gasteiger partial charge >= 0.3 is 0 Å². The number of hydrogen-bond donors (Lipinski definition) is 1. The number of carbonyl (C=O) groups is 1. The maximum Gasteiger partial charge on any atom is 0.265 e. The summed E-state index contributed by atoms with van der Waals surface area (Å²) >= 11 is 0. The summed E-state index contributed by atoms with van der Waals surface area (Å²) in [7, 11) is -0.668. The van der Waals surface area contributed by atoms with Crippen LogP contribution in [0.5, 0.6) is 17.2 Å². The Bertz CT molecular complexity index is 956. The molecule has 0 bridgehead atoms. The average Bonchev–Trinajstić information content (AvgIpc) is 2.74. The quantitative estimate of drug-likeness (QED) is 0.615. The minimum atomic E-state index is -3.68. The number of rotatable bonds is 10. The summed E-state index contributed by atoms with van der Waals surface area (Å²) < 4.78 is 43.0. The maximum absolute atomic E-state index is 12.8. The van der Waals surface area contributed by atoms with Crippen LogP contribution in [0, 0.1) is 0 Å². The van der Waals surface area contributed by atoms with Crippen molar-refractivity contribution < 1.29 is 27.4 Å². The Hall–Kier alpha value is -2.78. The zero-order valence-corrected chi connectivity index (χ0v) is 18.7. The van der Waals surface area contributed by atoms with E-state index >= 15 is 0 Å². The highest BCUT2D eigenvalue weighted by molar-refractivity contribution is 7.89.